The number of nitrogens with zero attached hydrogens (tertiary/aromatic N) is 4. The van der Waals surface area contributed by atoms with E-state index in [1.54, 1.807) is 32.5 Å². The van der Waals surface area contributed by atoms with Crippen molar-refractivity contribution in [3.63, 3.8) is 0 Å². The summed E-state index contributed by atoms with van der Waals surface area (Å²) < 4.78 is 11.9. The Labute approximate surface area is 172 Å². The first-order valence-electron chi connectivity index (χ1n) is 9.27. The fourth-order valence-electron chi connectivity index (χ4n) is 2.71. The maximum Gasteiger partial charge on any atom is 0.277 e. The molecule has 0 fully saturated rings. The summed E-state index contributed by atoms with van der Waals surface area (Å²) in [5.41, 5.74) is 6.16. The number of oxazole rings is 1. The van der Waals surface area contributed by atoms with Crippen LogP contribution in [0.2, 0.25) is 0 Å². The van der Waals surface area contributed by atoms with E-state index in [4.69, 9.17) is 14.9 Å². The van der Waals surface area contributed by atoms with Gasteiger partial charge in [-0.25, -0.2) is 9.97 Å². The second-order valence-corrected chi connectivity index (χ2v) is 6.48. The molecule has 0 bridgehead atoms. The Morgan fingerprint density at radius 1 is 1.33 bits per heavy atom. The van der Waals surface area contributed by atoms with Gasteiger partial charge in [-0.15, -0.1) is 0 Å². The molecule has 0 spiro atoms. The lowest BCUT2D eigenvalue weighted by Crippen LogP contribution is -2.18. The number of rotatable bonds is 10. The second kappa shape index (κ2) is 9.65. The van der Waals surface area contributed by atoms with Crippen molar-refractivity contribution in [1.29, 1.82) is 0 Å². The molecule has 0 saturated heterocycles. The van der Waals surface area contributed by atoms with Crippen LogP contribution in [-0.2, 0) is 11.8 Å². The standard InChI is InChI=1S/C19H23N7O4/c1-26-10-13(16(25-26)17(20)27)23-18(28)14-11-30-19(24-14)12-5-7-22-15(9-12)21-6-3-4-8-29-2/h5,7,9-11H,3-4,6,8H2,1-2H3,(H2,20,27)(H,21,22)(H,23,28). The van der Waals surface area contributed by atoms with Crippen molar-refractivity contribution in [2.75, 3.05) is 30.9 Å². The predicted molar refractivity (Wildman–Crippen MR) is 109 cm³/mol. The number of anilines is 2. The van der Waals surface area contributed by atoms with Gasteiger partial charge >= 0.3 is 0 Å². The van der Waals surface area contributed by atoms with Gasteiger partial charge in [-0.3, -0.25) is 14.3 Å². The predicted octanol–water partition coefficient (Wildman–Crippen LogP) is 1.66. The number of aromatic nitrogens is 4. The highest BCUT2D eigenvalue weighted by Gasteiger charge is 2.19. The van der Waals surface area contributed by atoms with E-state index in [0.717, 1.165) is 26.0 Å². The van der Waals surface area contributed by atoms with Crippen molar-refractivity contribution >= 4 is 23.3 Å². The number of nitrogens with two attached hydrogens (primary N) is 1. The van der Waals surface area contributed by atoms with Crippen LogP contribution >= 0.6 is 0 Å². The number of pyridine rings is 1. The van der Waals surface area contributed by atoms with Crippen LogP contribution in [-0.4, -0.2) is 51.8 Å². The van der Waals surface area contributed by atoms with E-state index in [0.29, 0.717) is 11.4 Å². The van der Waals surface area contributed by atoms with E-state index in [1.807, 2.05) is 0 Å². The molecule has 0 saturated carbocycles. The molecule has 30 heavy (non-hydrogen) atoms. The highest BCUT2D eigenvalue weighted by molar-refractivity contribution is 6.07. The molecule has 0 aliphatic heterocycles. The number of unbranched alkanes of at least 4 members (excludes halogenated alkanes) is 1. The summed E-state index contributed by atoms with van der Waals surface area (Å²) in [6.45, 7) is 1.47. The first kappa shape index (κ1) is 21.0. The summed E-state index contributed by atoms with van der Waals surface area (Å²) in [6, 6.07) is 3.52. The topological polar surface area (TPSA) is 150 Å². The molecule has 3 heterocycles. The monoisotopic (exact) mass is 413 g/mol. The van der Waals surface area contributed by atoms with Crippen LogP contribution in [0.15, 0.2) is 35.2 Å². The van der Waals surface area contributed by atoms with Crippen LogP contribution < -0.4 is 16.4 Å². The van der Waals surface area contributed by atoms with Crippen molar-refractivity contribution < 1.29 is 18.7 Å². The summed E-state index contributed by atoms with van der Waals surface area (Å²) in [7, 11) is 3.29. The summed E-state index contributed by atoms with van der Waals surface area (Å²) >= 11 is 0. The fourth-order valence-corrected chi connectivity index (χ4v) is 2.71. The first-order chi connectivity index (χ1) is 14.5. The van der Waals surface area contributed by atoms with Crippen LogP contribution in [0.3, 0.4) is 0 Å². The molecule has 0 aliphatic carbocycles. The molecular formula is C19H23N7O4. The summed E-state index contributed by atoms with van der Waals surface area (Å²) in [5, 5.41) is 9.72. The lowest BCUT2D eigenvalue weighted by Gasteiger charge is -2.06. The van der Waals surface area contributed by atoms with E-state index >= 15 is 0 Å². The molecule has 0 radical (unpaired) electrons. The molecule has 3 aromatic rings. The molecule has 11 heteroatoms. The largest absolute Gasteiger partial charge is 0.444 e. The van der Waals surface area contributed by atoms with Crippen LogP contribution in [0, 0.1) is 0 Å². The number of amides is 2. The second-order valence-electron chi connectivity index (χ2n) is 6.48. The van der Waals surface area contributed by atoms with E-state index in [9.17, 15) is 9.59 Å². The Morgan fingerprint density at radius 3 is 2.93 bits per heavy atom. The van der Waals surface area contributed by atoms with Crippen LogP contribution in [0.5, 0.6) is 0 Å². The molecule has 3 aromatic heterocycles. The van der Waals surface area contributed by atoms with Crippen LogP contribution in [0.25, 0.3) is 11.5 Å². The number of carbonyl (C=O) groups excluding carboxylic acids is 2. The van der Waals surface area contributed by atoms with Crippen molar-refractivity contribution in [3.05, 3.63) is 42.2 Å². The molecule has 0 aromatic carbocycles. The molecule has 4 N–H and O–H groups in total. The molecule has 0 atom stereocenters. The van der Waals surface area contributed by atoms with Crippen LogP contribution in [0.4, 0.5) is 11.5 Å². The summed E-state index contributed by atoms with van der Waals surface area (Å²) in [6.07, 6.45) is 6.25. The zero-order valence-corrected chi connectivity index (χ0v) is 16.7. The summed E-state index contributed by atoms with van der Waals surface area (Å²) in [4.78, 5) is 32.4. The third kappa shape index (κ3) is 5.20. The maximum atomic E-state index is 12.5. The zero-order valence-electron chi connectivity index (χ0n) is 16.7. The Bertz CT molecular complexity index is 1030. The SMILES string of the molecule is COCCCCNc1cc(-c2nc(C(=O)Nc3cn(C)nc3C(N)=O)co2)ccn1. The average molecular weight is 413 g/mol. The van der Waals surface area contributed by atoms with Gasteiger partial charge in [-0.2, -0.15) is 5.10 Å². The minimum Gasteiger partial charge on any atom is -0.444 e. The minimum absolute atomic E-state index is 0.0371. The summed E-state index contributed by atoms with van der Waals surface area (Å²) in [5.74, 6) is -0.348. The normalized spacial score (nSPS) is 10.7. The molecule has 158 valence electrons. The molecule has 11 nitrogen and oxygen atoms in total. The Kier molecular flexibility index (Phi) is 6.75. The Balaban J connectivity index is 1.67. The van der Waals surface area contributed by atoms with Gasteiger partial charge in [0.15, 0.2) is 11.4 Å². The molecule has 3 rings (SSSR count). The quantitative estimate of drug-likeness (QED) is 0.425. The fraction of sp³-hybridized carbons (Fsp3) is 0.316. The van der Waals surface area contributed by atoms with Gasteiger partial charge in [0.05, 0.1) is 5.69 Å². The lowest BCUT2D eigenvalue weighted by molar-refractivity contribution is 0.0995. The minimum atomic E-state index is -0.745. The highest BCUT2D eigenvalue weighted by atomic mass is 16.5. The molecular weight excluding hydrogens is 390 g/mol. The first-order valence-corrected chi connectivity index (χ1v) is 9.27. The lowest BCUT2D eigenvalue weighted by atomic mass is 10.2. The molecule has 0 aliphatic rings. The average Bonchev–Trinajstić information content (AvgIpc) is 3.35. The van der Waals surface area contributed by atoms with Gasteiger partial charge < -0.3 is 25.5 Å². The van der Waals surface area contributed by atoms with Gasteiger partial charge in [0.25, 0.3) is 11.8 Å². The number of hydrogen-bond donors (Lipinski definition) is 3. The number of aryl methyl sites for hydroxylation is 1. The van der Waals surface area contributed by atoms with E-state index in [-0.39, 0.29) is 23.0 Å². The molecule has 0 unspecified atom stereocenters. The maximum absolute atomic E-state index is 12.5. The number of hydrogen-bond acceptors (Lipinski definition) is 8. The number of methoxy groups -OCH3 is 1. The van der Waals surface area contributed by atoms with Gasteiger partial charge in [-0.1, -0.05) is 0 Å². The third-order valence-corrected chi connectivity index (χ3v) is 4.14. The third-order valence-electron chi connectivity index (χ3n) is 4.14. The van der Waals surface area contributed by atoms with Crippen molar-refractivity contribution in [2.24, 2.45) is 12.8 Å². The van der Waals surface area contributed by atoms with Crippen molar-refractivity contribution in [2.45, 2.75) is 12.8 Å². The van der Waals surface area contributed by atoms with Crippen molar-refractivity contribution in [1.82, 2.24) is 19.7 Å². The smallest absolute Gasteiger partial charge is 0.277 e. The van der Waals surface area contributed by atoms with Crippen molar-refractivity contribution in [3.8, 4) is 11.5 Å². The number of carbonyl (C=O) groups is 2. The van der Waals surface area contributed by atoms with E-state index in [2.05, 4.69) is 25.7 Å². The number of nitrogens with one attached hydrogen (secondary N) is 2. The van der Waals surface area contributed by atoms with E-state index in [1.165, 1.54) is 17.1 Å². The zero-order chi connectivity index (χ0) is 21.5. The Morgan fingerprint density at radius 2 is 2.17 bits per heavy atom. The van der Waals surface area contributed by atoms with Gasteiger partial charge in [0, 0.05) is 45.3 Å². The highest BCUT2D eigenvalue weighted by Crippen LogP contribution is 2.21. The van der Waals surface area contributed by atoms with Gasteiger partial charge in [0.2, 0.25) is 5.89 Å². The van der Waals surface area contributed by atoms with Gasteiger partial charge in [-0.05, 0) is 25.0 Å². The van der Waals surface area contributed by atoms with E-state index < -0.39 is 11.8 Å². The number of ether oxygens (including phenoxy) is 1. The van der Waals surface area contributed by atoms with Gasteiger partial charge in [0.1, 0.15) is 12.1 Å². The molecule has 2 amide bonds. The Hall–Kier alpha value is -3.73. The number of primary amides is 1. The van der Waals surface area contributed by atoms with Crippen LogP contribution in [0.1, 0.15) is 33.8 Å².